The van der Waals surface area contributed by atoms with Gasteiger partial charge in [-0.15, -0.1) is 0 Å². The van der Waals surface area contributed by atoms with Gasteiger partial charge >= 0.3 is 6.09 Å². The highest BCUT2D eigenvalue weighted by Gasteiger charge is 2.16. The Hall–Kier alpha value is -1.84. The lowest BCUT2D eigenvalue weighted by atomic mass is 10.1. The molecule has 4 nitrogen and oxygen atoms in total. The number of benzene rings is 1. The van der Waals surface area contributed by atoms with Crippen LogP contribution in [0.5, 0.6) is 0 Å². The molecular formula is C11H12N2O2. The second-order valence-corrected chi connectivity index (χ2v) is 3.32. The number of nitrogens with zero attached hydrogens (tertiary/aromatic N) is 1. The van der Waals surface area contributed by atoms with Gasteiger partial charge in [0.05, 0.1) is 12.8 Å². The van der Waals surface area contributed by atoms with Crippen molar-refractivity contribution in [3.05, 3.63) is 35.4 Å². The number of nitrogens with one attached hydrogen (secondary N) is 1. The Bertz CT molecular complexity index is 413. The first-order valence-electron chi connectivity index (χ1n) is 4.80. The van der Waals surface area contributed by atoms with E-state index in [2.05, 4.69) is 21.3 Å². The van der Waals surface area contributed by atoms with Crippen LogP contribution in [0.2, 0.25) is 0 Å². The zero-order valence-electron chi connectivity index (χ0n) is 8.49. The minimum Gasteiger partial charge on any atom is -0.452 e. The zero-order chi connectivity index (χ0) is 10.7. The van der Waals surface area contributed by atoms with Crippen LogP contribution in [-0.4, -0.2) is 18.9 Å². The molecule has 1 aliphatic rings. The van der Waals surface area contributed by atoms with Crippen LogP contribution in [0.1, 0.15) is 17.5 Å². The Balaban J connectivity index is 2.17. The van der Waals surface area contributed by atoms with Gasteiger partial charge in [0, 0.05) is 5.56 Å². The third-order valence-corrected chi connectivity index (χ3v) is 2.43. The molecule has 2 rings (SSSR count). The summed E-state index contributed by atoms with van der Waals surface area (Å²) in [6.45, 7) is 0. The Morgan fingerprint density at radius 3 is 3.00 bits per heavy atom. The number of hydrogen-bond donors (Lipinski definition) is 1. The van der Waals surface area contributed by atoms with E-state index in [4.69, 9.17) is 0 Å². The van der Waals surface area contributed by atoms with Gasteiger partial charge in [-0.25, -0.2) is 10.2 Å². The number of amides is 1. The molecule has 0 fully saturated rings. The normalized spacial score (nSPS) is 16.2. The molecule has 1 aromatic carbocycles. The summed E-state index contributed by atoms with van der Waals surface area (Å²) in [5.41, 5.74) is 5.65. The Kier molecular flexibility index (Phi) is 2.67. The van der Waals surface area contributed by atoms with Crippen LogP contribution in [0.4, 0.5) is 4.79 Å². The summed E-state index contributed by atoms with van der Waals surface area (Å²) in [6.07, 6.45) is 1.31. The van der Waals surface area contributed by atoms with E-state index in [0.29, 0.717) is 0 Å². The fourth-order valence-electron chi connectivity index (χ4n) is 1.68. The molecule has 4 heteroatoms. The summed E-state index contributed by atoms with van der Waals surface area (Å²) < 4.78 is 4.44. The zero-order valence-corrected chi connectivity index (χ0v) is 8.49. The Morgan fingerprint density at radius 2 is 2.20 bits per heavy atom. The van der Waals surface area contributed by atoms with Crippen molar-refractivity contribution < 1.29 is 9.53 Å². The monoisotopic (exact) mass is 204 g/mol. The molecule has 0 bridgehead atoms. The van der Waals surface area contributed by atoms with Crippen molar-refractivity contribution in [1.29, 1.82) is 0 Å². The number of hydrazone groups is 1. The van der Waals surface area contributed by atoms with Gasteiger partial charge in [-0.3, -0.25) is 0 Å². The van der Waals surface area contributed by atoms with Gasteiger partial charge in [0.2, 0.25) is 0 Å². The summed E-state index contributed by atoms with van der Waals surface area (Å²) in [4.78, 5) is 10.8. The number of methoxy groups -OCH3 is 1. The van der Waals surface area contributed by atoms with E-state index in [-0.39, 0.29) is 0 Å². The van der Waals surface area contributed by atoms with E-state index in [1.165, 1.54) is 12.7 Å². The summed E-state index contributed by atoms with van der Waals surface area (Å²) in [5, 5.41) is 4.03. The van der Waals surface area contributed by atoms with Crippen LogP contribution in [0.15, 0.2) is 29.4 Å². The molecule has 0 heterocycles. The molecule has 0 saturated carbocycles. The number of hydrogen-bond acceptors (Lipinski definition) is 3. The van der Waals surface area contributed by atoms with Gasteiger partial charge in [-0.05, 0) is 18.4 Å². The van der Waals surface area contributed by atoms with E-state index in [1.54, 1.807) is 0 Å². The van der Waals surface area contributed by atoms with Gasteiger partial charge in [0.15, 0.2) is 0 Å². The van der Waals surface area contributed by atoms with Crippen molar-refractivity contribution in [1.82, 2.24) is 5.43 Å². The topological polar surface area (TPSA) is 50.7 Å². The maximum atomic E-state index is 10.8. The SMILES string of the molecule is COC(=O)NN=C1CCc2ccccc21. The average molecular weight is 204 g/mol. The first-order chi connectivity index (χ1) is 7.31. The largest absolute Gasteiger partial charge is 0.452 e. The molecule has 1 amide bonds. The van der Waals surface area contributed by atoms with Crippen LogP contribution >= 0.6 is 0 Å². The molecule has 78 valence electrons. The predicted molar refractivity (Wildman–Crippen MR) is 56.8 cm³/mol. The first kappa shape index (κ1) is 9.71. The van der Waals surface area contributed by atoms with Crippen LogP contribution in [-0.2, 0) is 11.2 Å². The van der Waals surface area contributed by atoms with Crippen molar-refractivity contribution in [3.8, 4) is 0 Å². The predicted octanol–water partition coefficient (Wildman–Crippen LogP) is 1.69. The molecule has 1 aliphatic carbocycles. The fourth-order valence-corrected chi connectivity index (χ4v) is 1.68. The molecule has 0 aromatic heterocycles. The second kappa shape index (κ2) is 4.13. The van der Waals surface area contributed by atoms with Gasteiger partial charge in [0.1, 0.15) is 0 Å². The number of ether oxygens (including phenoxy) is 1. The quantitative estimate of drug-likeness (QED) is 0.708. The third kappa shape index (κ3) is 1.98. The highest BCUT2D eigenvalue weighted by atomic mass is 16.5. The number of rotatable bonds is 1. The van der Waals surface area contributed by atoms with Gasteiger partial charge in [-0.1, -0.05) is 24.3 Å². The fraction of sp³-hybridized carbons (Fsp3) is 0.273. The first-order valence-corrected chi connectivity index (χ1v) is 4.80. The Labute approximate surface area is 87.9 Å². The summed E-state index contributed by atoms with van der Waals surface area (Å²) >= 11 is 0. The molecule has 0 atom stereocenters. The number of fused-ring (bicyclic) bond motifs is 1. The minimum atomic E-state index is -0.535. The molecule has 0 radical (unpaired) electrons. The molecule has 0 aliphatic heterocycles. The summed E-state index contributed by atoms with van der Waals surface area (Å²) in [5.74, 6) is 0. The molecule has 1 N–H and O–H groups in total. The second-order valence-electron chi connectivity index (χ2n) is 3.32. The molecule has 0 spiro atoms. The van der Waals surface area contributed by atoms with Crippen molar-refractivity contribution in [2.75, 3.05) is 7.11 Å². The van der Waals surface area contributed by atoms with Crippen LogP contribution in [0, 0.1) is 0 Å². The van der Waals surface area contributed by atoms with E-state index >= 15 is 0 Å². The van der Waals surface area contributed by atoms with E-state index in [0.717, 1.165) is 24.1 Å². The highest BCUT2D eigenvalue weighted by Crippen LogP contribution is 2.21. The maximum absolute atomic E-state index is 10.8. The number of carbonyl (C=O) groups excluding carboxylic acids is 1. The number of carbonyl (C=O) groups is 1. The summed E-state index contributed by atoms with van der Waals surface area (Å²) in [6, 6.07) is 8.07. The average Bonchev–Trinajstić information content (AvgIpc) is 2.69. The maximum Gasteiger partial charge on any atom is 0.427 e. The Morgan fingerprint density at radius 1 is 1.40 bits per heavy atom. The highest BCUT2D eigenvalue weighted by molar-refractivity contribution is 6.04. The molecule has 1 aromatic rings. The van der Waals surface area contributed by atoms with E-state index in [1.807, 2.05) is 18.2 Å². The molecule has 0 unspecified atom stereocenters. The summed E-state index contributed by atoms with van der Waals surface area (Å²) in [7, 11) is 1.32. The third-order valence-electron chi connectivity index (χ3n) is 2.43. The van der Waals surface area contributed by atoms with Crippen LogP contribution < -0.4 is 5.43 Å². The molecule has 15 heavy (non-hydrogen) atoms. The van der Waals surface area contributed by atoms with Gasteiger partial charge in [0.25, 0.3) is 0 Å². The number of aryl methyl sites for hydroxylation is 1. The van der Waals surface area contributed by atoms with Crippen LogP contribution in [0.25, 0.3) is 0 Å². The van der Waals surface area contributed by atoms with E-state index in [9.17, 15) is 4.79 Å². The molecule has 0 saturated heterocycles. The van der Waals surface area contributed by atoms with Gasteiger partial charge in [-0.2, -0.15) is 5.10 Å². The standard InChI is InChI=1S/C11H12N2O2/c1-15-11(14)13-12-10-7-6-8-4-2-3-5-9(8)10/h2-5H,6-7H2,1H3,(H,13,14). The minimum absolute atomic E-state index is 0.535. The van der Waals surface area contributed by atoms with Crippen molar-refractivity contribution in [2.24, 2.45) is 5.10 Å². The van der Waals surface area contributed by atoms with Crippen molar-refractivity contribution in [3.63, 3.8) is 0 Å². The van der Waals surface area contributed by atoms with Crippen LogP contribution in [0.3, 0.4) is 0 Å². The lowest BCUT2D eigenvalue weighted by molar-refractivity contribution is 0.171. The lowest BCUT2D eigenvalue weighted by Gasteiger charge is -2.00. The van der Waals surface area contributed by atoms with Crippen molar-refractivity contribution in [2.45, 2.75) is 12.8 Å². The molecular weight excluding hydrogens is 192 g/mol. The smallest absolute Gasteiger partial charge is 0.427 e. The van der Waals surface area contributed by atoms with Gasteiger partial charge < -0.3 is 4.74 Å². The van der Waals surface area contributed by atoms with Crippen molar-refractivity contribution >= 4 is 11.8 Å². The van der Waals surface area contributed by atoms with E-state index < -0.39 is 6.09 Å². The lowest BCUT2D eigenvalue weighted by Crippen LogP contribution is -2.18.